The van der Waals surface area contributed by atoms with Crippen LogP contribution in [0.3, 0.4) is 0 Å². The molecule has 0 amide bonds. The number of carbonyl (C=O) groups excluding carboxylic acids is 1. The molecule has 0 spiro atoms. The van der Waals surface area contributed by atoms with Crippen LogP contribution in [0.4, 0.5) is 0 Å². The molecule has 0 radical (unpaired) electrons. The number of rotatable bonds is 4. The van der Waals surface area contributed by atoms with E-state index in [0.717, 1.165) is 19.0 Å². The molecule has 0 saturated heterocycles. The Morgan fingerprint density at radius 1 is 1.05 bits per heavy atom. The standard InChI is InChI=1S/C15H11Br3O3/c1-9-6-11(17)7-13(18)15(9)20-8-14(19)21-12-4-2-10(16)3-5-12/h2-7H,8H2,1H3. The highest BCUT2D eigenvalue weighted by Gasteiger charge is 2.11. The van der Waals surface area contributed by atoms with E-state index in [9.17, 15) is 4.79 Å². The van der Waals surface area contributed by atoms with Crippen LogP contribution >= 0.6 is 47.8 Å². The fourth-order valence-electron chi connectivity index (χ4n) is 1.67. The molecule has 0 aromatic heterocycles. The Morgan fingerprint density at radius 3 is 2.33 bits per heavy atom. The van der Waals surface area contributed by atoms with Crippen LogP contribution in [-0.2, 0) is 4.79 Å². The van der Waals surface area contributed by atoms with Crippen molar-refractivity contribution in [3.63, 3.8) is 0 Å². The van der Waals surface area contributed by atoms with E-state index in [4.69, 9.17) is 9.47 Å². The number of carbonyl (C=O) groups is 1. The van der Waals surface area contributed by atoms with Crippen LogP contribution in [0.1, 0.15) is 5.56 Å². The number of halogens is 3. The van der Waals surface area contributed by atoms with Gasteiger partial charge in [0.1, 0.15) is 11.5 Å². The number of ether oxygens (including phenoxy) is 2. The molecule has 0 heterocycles. The van der Waals surface area contributed by atoms with Crippen LogP contribution < -0.4 is 9.47 Å². The van der Waals surface area contributed by atoms with E-state index in [1.54, 1.807) is 24.3 Å². The molecule has 21 heavy (non-hydrogen) atoms. The first kappa shape index (κ1) is 16.5. The van der Waals surface area contributed by atoms with Gasteiger partial charge in [0.15, 0.2) is 6.61 Å². The number of esters is 1. The number of benzene rings is 2. The Bertz CT molecular complexity index is 631. The molecule has 0 aliphatic heterocycles. The van der Waals surface area contributed by atoms with Crippen molar-refractivity contribution in [3.05, 3.63) is 55.4 Å². The molecule has 0 aliphatic carbocycles. The molecule has 0 aliphatic rings. The van der Waals surface area contributed by atoms with E-state index in [2.05, 4.69) is 47.8 Å². The Morgan fingerprint density at radius 2 is 1.71 bits per heavy atom. The van der Waals surface area contributed by atoms with Crippen LogP contribution in [0.5, 0.6) is 11.5 Å². The minimum Gasteiger partial charge on any atom is -0.480 e. The predicted octanol–water partition coefficient (Wildman–Crippen LogP) is 5.27. The van der Waals surface area contributed by atoms with Crippen LogP contribution in [0.15, 0.2) is 49.8 Å². The smallest absolute Gasteiger partial charge is 0.349 e. The van der Waals surface area contributed by atoms with Gasteiger partial charge in [-0.05, 0) is 64.8 Å². The Hall–Kier alpha value is -0.850. The molecule has 3 nitrogen and oxygen atoms in total. The van der Waals surface area contributed by atoms with Gasteiger partial charge in [0.25, 0.3) is 0 Å². The Kier molecular flexibility index (Phi) is 5.84. The van der Waals surface area contributed by atoms with Gasteiger partial charge in [-0.25, -0.2) is 4.79 Å². The van der Waals surface area contributed by atoms with Gasteiger partial charge < -0.3 is 9.47 Å². The maximum atomic E-state index is 11.8. The van der Waals surface area contributed by atoms with Gasteiger partial charge in [-0.1, -0.05) is 31.9 Å². The summed E-state index contributed by atoms with van der Waals surface area (Å²) in [5.41, 5.74) is 0.924. The van der Waals surface area contributed by atoms with Crippen molar-refractivity contribution in [3.8, 4) is 11.5 Å². The summed E-state index contributed by atoms with van der Waals surface area (Å²) in [6.07, 6.45) is 0. The van der Waals surface area contributed by atoms with E-state index in [1.165, 1.54) is 0 Å². The normalized spacial score (nSPS) is 10.3. The zero-order valence-electron chi connectivity index (χ0n) is 11.0. The van der Waals surface area contributed by atoms with E-state index in [1.807, 2.05) is 19.1 Å². The highest BCUT2D eigenvalue weighted by Crippen LogP contribution is 2.32. The molecule has 2 rings (SSSR count). The summed E-state index contributed by atoms with van der Waals surface area (Å²) in [7, 11) is 0. The van der Waals surface area contributed by atoms with Gasteiger partial charge >= 0.3 is 5.97 Å². The molecule has 6 heteroatoms. The third-order valence-electron chi connectivity index (χ3n) is 2.57. The predicted molar refractivity (Wildman–Crippen MR) is 91.9 cm³/mol. The molecule has 2 aromatic carbocycles. The maximum absolute atomic E-state index is 11.8. The van der Waals surface area contributed by atoms with Crippen LogP contribution in [-0.4, -0.2) is 12.6 Å². The van der Waals surface area contributed by atoms with Crippen molar-refractivity contribution in [2.75, 3.05) is 6.61 Å². The first-order chi connectivity index (χ1) is 9.95. The number of aryl methyl sites for hydroxylation is 1. The summed E-state index contributed by atoms with van der Waals surface area (Å²) < 4.78 is 13.4. The average molecular weight is 479 g/mol. The SMILES string of the molecule is Cc1cc(Br)cc(Br)c1OCC(=O)Oc1ccc(Br)cc1. The number of hydrogen-bond donors (Lipinski definition) is 0. The molecular weight excluding hydrogens is 468 g/mol. The maximum Gasteiger partial charge on any atom is 0.349 e. The zero-order chi connectivity index (χ0) is 15.4. The second-order valence-electron chi connectivity index (χ2n) is 4.25. The lowest BCUT2D eigenvalue weighted by Crippen LogP contribution is -2.18. The molecule has 0 atom stereocenters. The lowest BCUT2D eigenvalue weighted by atomic mass is 10.2. The van der Waals surface area contributed by atoms with E-state index in [0.29, 0.717) is 11.5 Å². The quantitative estimate of drug-likeness (QED) is 0.444. The van der Waals surface area contributed by atoms with E-state index >= 15 is 0 Å². The van der Waals surface area contributed by atoms with Crippen LogP contribution in [0, 0.1) is 6.92 Å². The first-order valence-electron chi connectivity index (χ1n) is 6.00. The lowest BCUT2D eigenvalue weighted by molar-refractivity contribution is -0.136. The highest BCUT2D eigenvalue weighted by molar-refractivity contribution is 9.11. The van der Waals surface area contributed by atoms with Gasteiger partial charge in [0.05, 0.1) is 4.47 Å². The molecule has 110 valence electrons. The second-order valence-corrected chi connectivity index (χ2v) is 6.94. The second kappa shape index (κ2) is 7.42. The summed E-state index contributed by atoms with van der Waals surface area (Å²) in [5, 5.41) is 0. The zero-order valence-corrected chi connectivity index (χ0v) is 15.8. The Balaban J connectivity index is 1.97. The molecule has 0 fully saturated rings. The van der Waals surface area contributed by atoms with Crippen molar-refractivity contribution in [2.45, 2.75) is 6.92 Å². The summed E-state index contributed by atoms with van der Waals surface area (Å²) in [4.78, 5) is 11.8. The fraction of sp³-hybridized carbons (Fsp3) is 0.133. The lowest BCUT2D eigenvalue weighted by Gasteiger charge is -2.11. The average Bonchev–Trinajstić information content (AvgIpc) is 2.40. The minimum atomic E-state index is -0.452. The highest BCUT2D eigenvalue weighted by atomic mass is 79.9. The Labute approximate surface area is 148 Å². The summed E-state index contributed by atoms with van der Waals surface area (Å²) in [6.45, 7) is 1.75. The van der Waals surface area contributed by atoms with Crippen molar-refractivity contribution in [2.24, 2.45) is 0 Å². The minimum absolute atomic E-state index is 0.156. The van der Waals surface area contributed by atoms with Gasteiger partial charge in [0, 0.05) is 8.95 Å². The van der Waals surface area contributed by atoms with Crippen molar-refractivity contribution in [1.82, 2.24) is 0 Å². The molecule has 0 N–H and O–H groups in total. The van der Waals surface area contributed by atoms with E-state index in [-0.39, 0.29) is 6.61 Å². The molecule has 0 saturated carbocycles. The first-order valence-corrected chi connectivity index (χ1v) is 8.38. The van der Waals surface area contributed by atoms with Crippen LogP contribution in [0.2, 0.25) is 0 Å². The summed E-state index contributed by atoms with van der Waals surface area (Å²) in [5.74, 6) is 0.663. The van der Waals surface area contributed by atoms with Crippen molar-refractivity contribution >= 4 is 53.8 Å². The van der Waals surface area contributed by atoms with Crippen molar-refractivity contribution < 1.29 is 14.3 Å². The molecule has 0 unspecified atom stereocenters. The number of hydrogen-bond acceptors (Lipinski definition) is 3. The van der Waals surface area contributed by atoms with Gasteiger partial charge in [-0.2, -0.15) is 0 Å². The largest absolute Gasteiger partial charge is 0.480 e. The van der Waals surface area contributed by atoms with Crippen LogP contribution in [0.25, 0.3) is 0 Å². The molecule has 0 bridgehead atoms. The van der Waals surface area contributed by atoms with E-state index < -0.39 is 5.97 Å². The fourth-order valence-corrected chi connectivity index (χ4v) is 3.48. The third-order valence-corrected chi connectivity index (χ3v) is 4.15. The topological polar surface area (TPSA) is 35.5 Å². The van der Waals surface area contributed by atoms with Gasteiger partial charge in [0.2, 0.25) is 0 Å². The summed E-state index contributed by atoms with van der Waals surface area (Å²) in [6, 6.07) is 10.8. The third kappa shape index (κ3) is 4.83. The van der Waals surface area contributed by atoms with Gasteiger partial charge in [-0.3, -0.25) is 0 Å². The molecular formula is C15H11Br3O3. The van der Waals surface area contributed by atoms with Crippen molar-refractivity contribution in [1.29, 1.82) is 0 Å². The molecule has 2 aromatic rings. The monoisotopic (exact) mass is 476 g/mol. The van der Waals surface area contributed by atoms with Gasteiger partial charge in [-0.15, -0.1) is 0 Å². The summed E-state index contributed by atoms with van der Waals surface area (Å²) >= 11 is 10.1.